The molecule has 7 nitrogen and oxygen atoms in total. The Morgan fingerprint density at radius 2 is 2.00 bits per heavy atom. The van der Waals surface area contributed by atoms with E-state index in [1.54, 1.807) is 10.8 Å². The highest BCUT2D eigenvalue weighted by molar-refractivity contribution is 5.91. The van der Waals surface area contributed by atoms with Gasteiger partial charge in [0.25, 0.3) is 0 Å². The Kier molecular flexibility index (Phi) is 4.47. The highest BCUT2D eigenvalue weighted by Crippen LogP contribution is 2.37. The first-order chi connectivity index (χ1) is 12.0. The van der Waals surface area contributed by atoms with Gasteiger partial charge in [0.2, 0.25) is 5.71 Å². The molecular formula is C18H17NO6. The lowest BCUT2D eigenvalue weighted by atomic mass is 10.1. The van der Waals surface area contributed by atoms with Crippen molar-refractivity contribution in [1.29, 1.82) is 0 Å². The number of rotatable bonds is 6. The largest absolute Gasteiger partial charge is 0.504 e. The van der Waals surface area contributed by atoms with E-state index in [1.807, 2.05) is 30.3 Å². The van der Waals surface area contributed by atoms with Gasteiger partial charge >= 0.3 is 11.9 Å². The second-order valence-corrected chi connectivity index (χ2v) is 5.83. The number of fused-ring (bicyclic) bond motifs is 1. The Balaban J connectivity index is 1.87. The fraction of sp³-hybridized carbons (Fsp3) is 0.222. The molecule has 0 amide bonds. The van der Waals surface area contributed by atoms with Crippen LogP contribution < -0.4 is 4.74 Å². The van der Waals surface area contributed by atoms with Crippen LogP contribution in [0.2, 0.25) is 0 Å². The summed E-state index contributed by atoms with van der Waals surface area (Å²) < 4.78 is 12.3. The summed E-state index contributed by atoms with van der Waals surface area (Å²) in [6, 6.07) is 9.60. The molecule has 0 radical (unpaired) electrons. The van der Waals surface area contributed by atoms with Gasteiger partial charge in [-0.05, 0) is 5.56 Å². The first-order valence-corrected chi connectivity index (χ1v) is 7.72. The van der Waals surface area contributed by atoms with E-state index in [4.69, 9.17) is 14.3 Å². The molecule has 25 heavy (non-hydrogen) atoms. The summed E-state index contributed by atoms with van der Waals surface area (Å²) in [5.74, 6) is -2.62. The lowest BCUT2D eigenvalue weighted by Crippen LogP contribution is -2.18. The van der Waals surface area contributed by atoms with Crippen molar-refractivity contribution < 1.29 is 29.0 Å². The molecule has 0 aliphatic carbocycles. The molecule has 0 aliphatic rings. The Morgan fingerprint density at radius 1 is 1.28 bits per heavy atom. The number of nitrogens with zero attached hydrogens (tertiary/aromatic N) is 1. The first-order valence-electron chi connectivity index (χ1n) is 7.72. The molecule has 3 aromatic rings. The predicted molar refractivity (Wildman–Crippen MR) is 88.5 cm³/mol. The molecule has 3 rings (SSSR count). The maximum atomic E-state index is 12.0. The number of aromatic hydroxyl groups is 1. The van der Waals surface area contributed by atoms with Gasteiger partial charge in [-0.25, -0.2) is 0 Å². The smallest absolute Gasteiger partial charge is 0.312 e. The van der Waals surface area contributed by atoms with E-state index in [1.165, 1.54) is 13.2 Å². The topological polar surface area (TPSA) is 102 Å². The highest BCUT2D eigenvalue weighted by Gasteiger charge is 2.22. The summed E-state index contributed by atoms with van der Waals surface area (Å²) in [6.07, 6.45) is 2.47. The van der Waals surface area contributed by atoms with Crippen molar-refractivity contribution in [3.05, 3.63) is 48.4 Å². The number of hydrogen-bond donors (Lipinski definition) is 2. The van der Waals surface area contributed by atoms with Crippen LogP contribution in [0.4, 0.5) is 0 Å². The van der Waals surface area contributed by atoms with Crippen molar-refractivity contribution >= 4 is 23.0 Å². The second-order valence-electron chi connectivity index (χ2n) is 5.83. The molecule has 0 saturated heterocycles. The molecule has 7 heteroatoms. The van der Waals surface area contributed by atoms with Gasteiger partial charge in [0.1, 0.15) is 11.6 Å². The number of hydrogen-bond acceptors (Lipinski definition) is 5. The zero-order chi connectivity index (χ0) is 18.0. The number of benzene rings is 1. The maximum absolute atomic E-state index is 12.0. The summed E-state index contributed by atoms with van der Waals surface area (Å²) in [6.45, 7) is 1.89. The molecule has 0 saturated carbocycles. The third-order valence-corrected chi connectivity index (χ3v) is 3.85. The van der Waals surface area contributed by atoms with Crippen molar-refractivity contribution in [2.75, 3.05) is 0 Å². The van der Waals surface area contributed by atoms with E-state index >= 15 is 0 Å². The summed E-state index contributed by atoms with van der Waals surface area (Å²) in [7, 11) is 0. The zero-order valence-corrected chi connectivity index (χ0v) is 13.5. The van der Waals surface area contributed by atoms with Gasteiger partial charge in [-0.1, -0.05) is 37.3 Å². The second kappa shape index (κ2) is 6.72. The van der Waals surface area contributed by atoms with Crippen LogP contribution in [0.5, 0.6) is 11.5 Å². The van der Waals surface area contributed by atoms with Crippen LogP contribution in [0.15, 0.2) is 47.2 Å². The van der Waals surface area contributed by atoms with Crippen LogP contribution in [0.1, 0.15) is 18.9 Å². The van der Waals surface area contributed by atoms with E-state index in [0.717, 1.165) is 5.56 Å². The SMILES string of the molecule is C[C@@H](CC(=O)Oc1cn(Cc2ccccc2)c2occ(O)c12)C(=O)O. The molecular weight excluding hydrogens is 326 g/mol. The number of aliphatic carboxylic acids is 1. The first kappa shape index (κ1) is 16.6. The summed E-state index contributed by atoms with van der Waals surface area (Å²) in [5, 5.41) is 19.1. The van der Waals surface area contributed by atoms with Crippen LogP contribution in [0.3, 0.4) is 0 Å². The van der Waals surface area contributed by atoms with Crippen LogP contribution >= 0.6 is 0 Å². The van der Waals surface area contributed by atoms with E-state index in [9.17, 15) is 14.7 Å². The highest BCUT2D eigenvalue weighted by atomic mass is 16.5. The van der Waals surface area contributed by atoms with Crippen molar-refractivity contribution in [2.45, 2.75) is 19.9 Å². The summed E-state index contributed by atoms with van der Waals surface area (Å²) in [5.41, 5.74) is 1.38. The number of furan rings is 1. The zero-order valence-electron chi connectivity index (χ0n) is 13.5. The molecule has 2 N–H and O–H groups in total. The summed E-state index contributed by atoms with van der Waals surface area (Å²) in [4.78, 5) is 22.8. The van der Waals surface area contributed by atoms with Crippen molar-refractivity contribution in [3.8, 4) is 11.5 Å². The average Bonchev–Trinajstić information content (AvgIpc) is 3.10. The number of carbonyl (C=O) groups is 2. The third-order valence-electron chi connectivity index (χ3n) is 3.85. The van der Waals surface area contributed by atoms with Crippen molar-refractivity contribution in [2.24, 2.45) is 5.92 Å². The molecule has 1 aromatic carbocycles. The van der Waals surface area contributed by atoms with Crippen LogP contribution in [-0.2, 0) is 16.1 Å². The predicted octanol–water partition coefficient (Wildman–Crippen LogP) is 3.00. The normalized spacial score (nSPS) is 12.2. The minimum absolute atomic E-state index is 0.139. The number of carboxylic acid groups (broad SMARTS) is 1. The van der Waals surface area contributed by atoms with Crippen LogP contribution in [0.25, 0.3) is 11.1 Å². The minimum atomic E-state index is -1.07. The number of carboxylic acids is 1. The molecule has 0 aliphatic heterocycles. The van der Waals surface area contributed by atoms with Crippen LogP contribution in [0, 0.1) is 5.92 Å². The Labute approximate surface area is 143 Å². The Bertz CT molecular complexity index is 908. The van der Waals surface area contributed by atoms with Crippen molar-refractivity contribution in [3.63, 3.8) is 0 Å². The van der Waals surface area contributed by atoms with Gasteiger partial charge in [-0.15, -0.1) is 0 Å². The van der Waals surface area contributed by atoms with Gasteiger partial charge in [0.15, 0.2) is 11.5 Å². The molecule has 0 bridgehead atoms. The molecule has 0 fully saturated rings. The Morgan fingerprint density at radius 3 is 2.68 bits per heavy atom. The average molecular weight is 343 g/mol. The van der Waals surface area contributed by atoms with Gasteiger partial charge in [-0.3, -0.25) is 9.59 Å². The fourth-order valence-electron chi connectivity index (χ4n) is 2.52. The number of carbonyl (C=O) groups excluding carboxylic acids is 1. The van der Waals surface area contributed by atoms with Crippen LogP contribution in [-0.4, -0.2) is 26.7 Å². The number of aromatic nitrogens is 1. The van der Waals surface area contributed by atoms with Gasteiger partial charge in [-0.2, -0.15) is 0 Å². The monoisotopic (exact) mass is 343 g/mol. The van der Waals surface area contributed by atoms with E-state index in [-0.39, 0.29) is 23.3 Å². The third kappa shape index (κ3) is 3.50. The minimum Gasteiger partial charge on any atom is -0.504 e. The van der Waals surface area contributed by atoms with E-state index in [2.05, 4.69) is 0 Å². The van der Waals surface area contributed by atoms with E-state index < -0.39 is 17.9 Å². The molecule has 2 aromatic heterocycles. The number of ether oxygens (including phenoxy) is 1. The molecule has 1 atom stereocenters. The standard InChI is InChI=1S/C18H17NO6/c1-11(18(22)23)7-15(21)25-14-9-19(8-12-5-3-2-4-6-12)17-16(14)13(20)10-24-17/h2-6,9-11,20H,7-8H2,1H3,(H,22,23)/t11-/m0/s1. The number of esters is 1. The van der Waals surface area contributed by atoms with Crippen molar-refractivity contribution in [1.82, 2.24) is 4.57 Å². The maximum Gasteiger partial charge on any atom is 0.312 e. The Hall–Kier alpha value is -3.22. The van der Waals surface area contributed by atoms with E-state index in [0.29, 0.717) is 12.3 Å². The molecule has 0 spiro atoms. The molecule has 130 valence electrons. The van der Waals surface area contributed by atoms with Gasteiger partial charge in [0.05, 0.1) is 25.1 Å². The lowest BCUT2D eigenvalue weighted by molar-refractivity contribution is -0.146. The molecule has 0 unspecified atom stereocenters. The lowest BCUT2D eigenvalue weighted by Gasteiger charge is -2.06. The quantitative estimate of drug-likeness (QED) is 0.667. The molecule has 2 heterocycles. The van der Waals surface area contributed by atoms with Gasteiger partial charge < -0.3 is 23.9 Å². The fourth-order valence-corrected chi connectivity index (χ4v) is 2.52. The summed E-state index contributed by atoms with van der Waals surface area (Å²) >= 11 is 0. The van der Waals surface area contributed by atoms with Gasteiger partial charge in [0, 0.05) is 0 Å².